The molecular formula is C23H32N2O3. The van der Waals surface area contributed by atoms with Gasteiger partial charge in [-0.3, -0.25) is 9.69 Å². The molecule has 0 amide bonds. The lowest BCUT2D eigenvalue weighted by Crippen LogP contribution is -2.54. The minimum absolute atomic E-state index is 0.110. The predicted octanol–water partition coefficient (Wildman–Crippen LogP) is 4.87. The van der Waals surface area contributed by atoms with Gasteiger partial charge in [0.05, 0.1) is 12.5 Å². The van der Waals surface area contributed by atoms with E-state index in [1.54, 1.807) is 7.11 Å². The lowest BCUT2D eigenvalue weighted by atomic mass is 9.66. The molecule has 5 heteroatoms. The number of likely N-dealkylation sites (tertiary alicyclic amines) is 1. The van der Waals surface area contributed by atoms with Crippen molar-refractivity contribution in [2.75, 3.05) is 13.7 Å². The molecule has 4 rings (SSSR count). The molecule has 0 spiro atoms. The maximum Gasteiger partial charge on any atom is 0.311 e. The van der Waals surface area contributed by atoms with E-state index in [4.69, 9.17) is 4.74 Å². The summed E-state index contributed by atoms with van der Waals surface area (Å²) in [6.45, 7) is 3.80. The number of aromatic amines is 1. The monoisotopic (exact) mass is 384 g/mol. The van der Waals surface area contributed by atoms with E-state index in [0.29, 0.717) is 0 Å². The number of nitrogens with one attached hydrogen (secondary N) is 1. The van der Waals surface area contributed by atoms with Crippen molar-refractivity contribution in [2.24, 2.45) is 5.41 Å². The summed E-state index contributed by atoms with van der Waals surface area (Å²) in [5.41, 5.74) is 2.90. The molecule has 0 radical (unpaired) electrons. The SMILES string of the molecule is COc1cc(C)c2[nH]ccc2c1CN1CCCC[C@H]1C1(C(=O)O)CCCCC1. The van der Waals surface area contributed by atoms with Gasteiger partial charge in [0.1, 0.15) is 5.75 Å². The normalized spacial score (nSPS) is 23.0. The molecule has 0 unspecified atom stereocenters. The van der Waals surface area contributed by atoms with Crippen molar-refractivity contribution in [1.29, 1.82) is 0 Å². The lowest BCUT2D eigenvalue weighted by Gasteiger charge is -2.48. The molecule has 1 saturated heterocycles. The number of methoxy groups -OCH3 is 1. The number of piperidine rings is 1. The highest BCUT2D eigenvalue weighted by molar-refractivity contribution is 5.88. The molecule has 1 aliphatic carbocycles. The first-order chi connectivity index (χ1) is 13.6. The quantitative estimate of drug-likeness (QED) is 0.771. The second kappa shape index (κ2) is 7.78. The lowest BCUT2D eigenvalue weighted by molar-refractivity contribution is -0.158. The molecule has 1 aliphatic heterocycles. The Morgan fingerprint density at radius 1 is 1.29 bits per heavy atom. The number of rotatable bonds is 5. The van der Waals surface area contributed by atoms with Gasteiger partial charge in [-0.05, 0) is 56.8 Å². The summed E-state index contributed by atoms with van der Waals surface area (Å²) < 4.78 is 5.74. The van der Waals surface area contributed by atoms with Crippen LogP contribution >= 0.6 is 0 Å². The van der Waals surface area contributed by atoms with Gasteiger partial charge in [-0.15, -0.1) is 0 Å². The summed E-state index contributed by atoms with van der Waals surface area (Å²) in [4.78, 5) is 18.3. The van der Waals surface area contributed by atoms with Gasteiger partial charge in [0, 0.05) is 35.2 Å². The van der Waals surface area contributed by atoms with Crippen molar-refractivity contribution in [3.63, 3.8) is 0 Å². The van der Waals surface area contributed by atoms with E-state index in [9.17, 15) is 9.90 Å². The number of fused-ring (bicyclic) bond motifs is 1. The summed E-state index contributed by atoms with van der Waals surface area (Å²) in [6, 6.07) is 4.33. The van der Waals surface area contributed by atoms with Crippen LogP contribution in [0.15, 0.2) is 18.3 Å². The van der Waals surface area contributed by atoms with Crippen molar-refractivity contribution in [3.05, 3.63) is 29.5 Å². The topological polar surface area (TPSA) is 65.6 Å². The number of carbonyl (C=O) groups is 1. The zero-order chi connectivity index (χ0) is 19.7. The summed E-state index contributed by atoms with van der Waals surface area (Å²) in [5.74, 6) is 0.314. The molecule has 2 heterocycles. The number of hydrogen-bond donors (Lipinski definition) is 2. The Morgan fingerprint density at radius 2 is 2.07 bits per heavy atom. The molecule has 28 heavy (non-hydrogen) atoms. The number of hydrogen-bond acceptors (Lipinski definition) is 3. The van der Waals surface area contributed by atoms with Gasteiger partial charge in [0.25, 0.3) is 0 Å². The van der Waals surface area contributed by atoms with E-state index in [0.717, 1.165) is 75.7 Å². The van der Waals surface area contributed by atoms with E-state index >= 15 is 0 Å². The molecule has 2 N–H and O–H groups in total. The second-order valence-electron chi connectivity index (χ2n) is 8.64. The van der Waals surface area contributed by atoms with E-state index < -0.39 is 11.4 Å². The number of carboxylic acid groups (broad SMARTS) is 1. The number of carboxylic acids is 1. The summed E-state index contributed by atoms with van der Waals surface area (Å²) in [6.07, 6.45) is 10.1. The number of aryl methyl sites for hydroxylation is 1. The van der Waals surface area contributed by atoms with E-state index in [1.165, 1.54) is 16.5 Å². The van der Waals surface area contributed by atoms with Crippen LogP contribution in [0.2, 0.25) is 0 Å². The molecule has 152 valence electrons. The number of ether oxygens (including phenoxy) is 1. The van der Waals surface area contributed by atoms with Crippen LogP contribution in [0.1, 0.15) is 62.5 Å². The van der Waals surface area contributed by atoms with Crippen LogP contribution in [-0.2, 0) is 11.3 Å². The third-order valence-electron chi connectivity index (χ3n) is 7.12. The number of benzene rings is 1. The summed E-state index contributed by atoms with van der Waals surface area (Å²) in [7, 11) is 1.73. The number of aromatic nitrogens is 1. The molecule has 1 saturated carbocycles. The Kier molecular flexibility index (Phi) is 5.37. The Hall–Kier alpha value is -2.01. The fraction of sp³-hybridized carbons (Fsp3) is 0.609. The Balaban J connectivity index is 1.72. The Bertz CT molecular complexity index is 851. The van der Waals surface area contributed by atoms with Crippen LogP contribution < -0.4 is 4.74 Å². The van der Waals surface area contributed by atoms with Crippen molar-refractivity contribution in [1.82, 2.24) is 9.88 Å². The van der Waals surface area contributed by atoms with Gasteiger partial charge in [-0.1, -0.05) is 25.7 Å². The van der Waals surface area contributed by atoms with Gasteiger partial charge in [0.2, 0.25) is 0 Å². The van der Waals surface area contributed by atoms with Gasteiger partial charge in [-0.2, -0.15) is 0 Å². The first kappa shape index (κ1) is 19.3. The molecule has 0 bridgehead atoms. The highest BCUT2D eigenvalue weighted by atomic mass is 16.5. The number of aliphatic carboxylic acids is 1. The van der Waals surface area contributed by atoms with E-state index in [1.807, 2.05) is 6.20 Å². The van der Waals surface area contributed by atoms with Crippen LogP contribution in [-0.4, -0.2) is 40.7 Å². The van der Waals surface area contributed by atoms with Crippen molar-refractivity contribution in [2.45, 2.75) is 70.9 Å². The predicted molar refractivity (Wildman–Crippen MR) is 111 cm³/mol. The molecule has 5 nitrogen and oxygen atoms in total. The van der Waals surface area contributed by atoms with Crippen molar-refractivity contribution in [3.8, 4) is 5.75 Å². The van der Waals surface area contributed by atoms with Gasteiger partial charge in [-0.25, -0.2) is 0 Å². The van der Waals surface area contributed by atoms with Gasteiger partial charge >= 0.3 is 5.97 Å². The van der Waals surface area contributed by atoms with E-state index in [2.05, 4.69) is 28.9 Å². The van der Waals surface area contributed by atoms with Crippen LogP contribution in [0.3, 0.4) is 0 Å². The molecule has 1 aromatic heterocycles. The first-order valence-corrected chi connectivity index (χ1v) is 10.7. The molecule has 2 aromatic rings. The third kappa shape index (κ3) is 3.20. The van der Waals surface area contributed by atoms with Crippen LogP contribution in [0.5, 0.6) is 5.75 Å². The fourth-order valence-corrected chi connectivity index (χ4v) is 5.66. The standard InChI is InChI=1S/C23H32N2O3/c1-16-14-19(28-2)18(17-9-12-24-21(16)17)15-25-13-7-4-8-20(25)23(22(26)27)10-5-3-6-11-23/h9,12,14,20,24H,3-8,10-11,13,15H2,1-2H3,(H,26,27)/t20-/m0/s1. The highest BCUT2D eigenvalue weighted by Gasteiger charge is 2.49. The summed E-state index contributed by atoms with van der Waals surface area (Å²) in [5, 5.41) is 11.4. The van der Waals surface area contributed by atoms with Crippen LogP contribution in [0, 0.1) is 12.3 Å². The smallest absolute Gasteiger partial charge is 0.311 e. The maximum atomic E-state index is 12.5. The first-order valence-electron chi connectivity index (χ1n) is 10.7. The largest absolute Gasteiger partial charge is 0.496 e. The molecular weight excluding hydrogens is 352 g/mol. The zero-order valence-corrected chi connectivity index (χ0v) is 17.1. The Morgan fingerprint density at radius 3 is 2.79 bits per heavy atom. The minimum atomic E-state index is -0.591. The van der Waals surface area contributed by atoms with Crippen LogP contribution in [0.25, 0.3) is 10.9 Å². The summed E-state index contributed by atoms with van der Waals surface area (Å²) >= 11 is 0. The third-order valence-corrected chi connectivity index (χ3v) is 7.12. The molecule has 2 fully saturated rings. The zero-order valence-electron chi connectivity index (χ0n) is 17.1. The van der Waals surface area contributed by atoms with Crippen molar-refractivity contribution >= 4 is 16.9 Å². The van der Waals surface area contributed by atoms with Crippen molar-refractivity contribution < 1.29 is 14.6 Å². The van der Waals surface area contributed by atoms with Crippen LogP contribution in [0.4, 0.5) is 0 Å². The number of H-pyrrole nitrogens is 1. The van der Waals surface area contributed by atoms with E-state index in [-0.39, 0.29) is 6.04 Å². The molecule has 2 aliphatic rings. The number of nitrogens with zero attached hydrogens (tertiary/aromatic N) is 1. The van der Waals surface area contributed by atoms with Gasteiger partial charge in [0.15, 0.2) is 0 Å². The minimum Gasteiger partial charge on any atom is -0.496 e. The average molecular weight is 385 g/mol. The Labute approximate surface area is 167 Å². The second-order valence-corrected chi connectivity index (χ2v) is 8.64. The van der Waals surface area contributed by atoms with Gasteiger partial charge < -0.3 is 14.8 Å². The average Bonchev–Trinajstić information content (AvgIpc) is 3.21. The highest BCUT2D eigenvalue weighted by Crippen LogP contribution is 2.45. The maximum absolute atomic E-state index is 12.5. The molecule has 1 atom stereocenters. The molecule has 1 aromatic carbocycles. The fourth-order valence-electron chi connectivity index (χ4n) is 5.66.